The first-order valence-electron chi connectivity index (χ1n) is 12.1. The molecule has 1 atom stereocenters. The van der Waals surface area contributed by atoms with E-state index in [1.807, 2.05) is 0 Å². The van der Waals surface area contributed by atoms with Crippen molar-refractivity contribution in [3.63, 3.8) is 0 Å². The van der Waals surface area contributed by atoms with Gasteiger partial charge in [-0.3, -0.25) is 0 Å². The number of hydrogen-bond donors (Lipinski definition) is 0. The summed E-state index contributed by atoms with van der Waals surface area (Å²) in [5.41, 5.74) is -5.09. The molecule has 3 aromatic heterocycles. The fourth-order valence-electron chi connectivity index (χ4n) is 4.40. The molecule has 1 saturated carbocycles. The lowest BCUT2D eigenvalue weighted by molar-refractivity contribution is -0.143. The van der Waals surface area contributed by atoms with Crippen LogP contribution in [-0.2, 0) is 18.5 Å². The second kappa shape index (κ2) is 9.80. The first-order chi connectivity index (χ1) is 19.0. The van der Waals surface area contributed by atoms with Gasteiger partial charge >= 0.3 is 18.5 Å². The Morgan fingerprint density at radius 1 is 0.878 bits per heavy atom. The summed E-state index contributed by atoms with van der Waals surface area (Å²) in [6, 6.07) is 0.271. The number of benzene rings is 1. The molecular weight excluding hydrogens is 571 g/mol. The Labute approximate surface area is 225 Å². The summed E-state index contributed by atoms with van der Waals surface area (Å²) < 4.78 is 124. The maximum atomic E-state index is 13.9. The zero-order chi connectivity index (χ0) is 29.9. The Balaban J connectivity index is 1.69. The molecule has 0 spiro atoms. The van der Waals surface area contributed by atoms with Crippen molar-refractivity contribution in [3.05, 3.63) is 59.3 Å². The van der Waals surface area contributed by atoms with Gasteiger partial charge in [-0.05, 0) is 44.7 Å². The van der Waals surface area contributed by atoms with E-state index in [0.29, 0.717) is 18.5 Å². The third-order valence-corrected chi connectivity index (χ3v) is 6.51. The molecule has 0 amide bonds. The molecule has 0 saturated heterocycles. The van der Waals surface area contributed by atoms with Gasteiger partial charge < -0.3 is 4.90 Å². The van der Waals surface area contributed by atoms with Crippen LogP contribution in [0.25, 0.3) is 16.7 Å². The summed E-state index contributed by atoms with van der Waals surface area (Å²) in [5, 5.41) is 3.65. The summed E-state index contributed by atoms with van der Waals surface area (Å²) >= 11 is 0. The summed E-state index contributed by atoms with van der Waals surface area (Å²) in [4.78, 5) is 20.6. The van der Waals surface area contributed by atoms with Crippen molar-refractivity contribution in [2.45, 2.75) is 51.3 Å². The van der Waals surface area contributed by atoms with Gasteiger partial charge in [-0.1, -0.05) is 0 Å². The molecule has 1 fully saturated rings. The molecule has 1 aromatic carbocycles. The van der Waals surface area contributed by atoms with Crippen LogP contribution in [0.2, 0.25) is 0 Å². The maximum absolute atomic E-state index is 13.9. The Hall–Kier alpha value is -4.05. The van der Waals surface area contributed by atoms with E-state index in [0.717, 1.165) is 23.9 Å². The van der Waals surface area contributed by atoms with Crippen molar-refractivity contribution in [2.75, 3.05) is 11.4 Å². The average Bonchev–Trinajstić information content (AvgIpc) is 3.62. The van der Waals surface area contributed by atoms with E-state index in [4.69, 9.17) is 0 Å². The molecular formula is C24H19F9N8. The van der Waals surface area contributed by atoms with Gasteiger partial charge in [0.2, 0.25) is 0 Å². The Morgan fingerprint density at radius 2 is 1.56 bits per heavy atom. The Kier molecular flexibility index (Phi) is 6.80. The fourth-order valence-corrected chi connectivity index (χ4v) is 4.40. The molecule has 0 bridgehead atoms. The van der Waals surface area contributed by atoms with Crippen molar-refractivity contribution in [3.8, 4) is 5.82 Å². The van der Waals surface area contributed by atoms with Gasteiger partial charge in [0.25, 0.3) is 0 Å². The molecule has 218 valence electrons. The lowest BCUT2D eigenvalue weighted by atomic mass is 10.0. The van der Waals surface area contributed by atoms with Crippen molar-refractivity contribution in [2.24, 2.45) is 5.92 Å². The highest BCUT2D eigenvalue weighted by Crippen LogP contribution is 2.43. The molecule has 5 rings (SSSR count). The van der Waals surface area contributed by atoms with E-state index in [1.165, 1.54) is 11.8 Å². The largest absolute Gasteiger partial charge is 0.433 e. The summed E-state index contributed by atoms with van der Waals surface area (Å²) in [7, 11) is 0. The van der Waals surface area contributed by atoms with Crippen LogP contribution >= 0.6 is 0 Å². The van der Waals surface area contributed by atoms with Gasteiger partial charge in [0, 0.05) is 18.0 Å². The smallest absolute Gasteiger partial charge is 0.346 e. The van der Waals surface area contributed by atoms with Gasteiger partial charge in [0.1, 0.15) is 30.0 Å². The Bertz CT molecular complexity index is 1590. The van der Waals surface area contributed by atoms with Crippen LogP contribution in [0.4, 0.5) is 45.3 Å². The quantitative estimate of drug-likeness (QED) is 0.242. The SMILES string of the molecule is Cc1nc([C@H](C)N(CC2CC2)c2ncnc3c(C(F)(F)F)cc(C(F)(F)F)cc23)n(-c2cc(C(F)(F)F)ncn2)n1. The molecule has 17 heteroatoms. The molecule has 0 radical (unpaired) electrons. The van der Waals surface area contributed by atoms with Gasteiger partial charge in [-0.2, -0.15) is 44.2 Å². The monoisotopic (exact) mass is 590 g/mol. The van der Waals surface area contributed by atoms with Crippen LogP contribution in [0, 0.1) is 12.8 Å². The highest BCUT2D eigenvalue weighted by atomic mass is 19.4. The van der Waals surface area contributed by atoms with Crippen LogP contribution in [-0.4, -0.2) is 41.2 Å². The third kappa shape index (κ3) is 5.74. The number of alkyl halides is 9. The van der Waals surface area contributed by atoms with E-state index >= 15 is 0 Å². The van der Waals surface area contributed by atoms with E-state index in [1.54, 1.807) is 6.92 Å². The van der Waals surface area contributed by atoms with Gasteiger partial charge in [0.05, 0.1) is 22.7 Å². The molecule has 3 heterocycles. The maximum Gasteiger partial charge on any atom is 0.433 e. The molecule has 41 heavy (non-hydrogen) atoms. The fraction of sp³-hybridized carbons (Fsp3) is 0.417. The van der Waals surface area contributed by atoms with Crippen LogP contribution in [0.15, 0.2) is 30.9 Å². The van der Waals surface area contributed by atoms with E-state index in [2.05, 4.69) is 30.0 Å². The van der Waals surface area contributed by atoms with Crippen LogP contribution < -0.4 is 4.90 Å². The van der Waals surface area contributed by atoms with E-state index in [9.17, 15) is 39.5 Å². The normalized spacial score (nSPS) is 15.4. The molecule has 8 nitrogen and oxygen atoms in total. The third-order valence-electron chi connectivity index (χ3n) is 6.51. The zero-order valence-electron chi connectivity index (χ0n) is 21.1. The van der Waals surface area contributed by atoms with E-state index in [-0.39, 0.29) is 41.8 Å². The molecule has 1 aliphatic carbocycles. The molecule has 1 aliphatic rings. The number of rotatable bonds is 6. The van der Waals surface area contributed by atoms with Gasteiger partial charge in [-0.25, -0.2) is 24.9 Å². The minimum absolute atomic E-state index is 0.00109. The number of hydrogen-bond acceptors (Lipinski definition) is 7. The Morgan fingerprint density at radius 3 is 2.17 bits per heavy atom. The van der Waals surface area contributed by atoms with Crippen molar-refractivity contribution in [1.82, 2.24) is 34.7 Å². The van der Waals surface area contributed by atoms with Crippen LogP contribution in [0.3, 0.4) is 0 Å². The number of halogens is 9. The highest BCUT2D eigenvalue weighted by Gasteiger charge is 2.40. The van der Waals surface area contributed by atoms with Crippen molar-refractivity contribution < 1.29 is 39.5 Å². The molecule has 0 unspecified atom stereocenters. The summed E-state index contributed by atoms with van der Waals surface area (Å²) in [6.07, 6.45) is -12.0. The standard InChI is InChI=1S/C24H19F9N8/c1-11(20-38-12(2)39-41(20)18-7-17(24(31,32)33)34-9-35-18)40(8-13-3-4-13)21-15-5-14(22(25,26)27)6-16(23(28,29)30)19(15)36-10-37-21/h5-7,9-11,13H,3-4,8H2,1-2H3/t11-/m0/s1. The van der Waals surface area contributed by atoms with Crippen molar-refractivity contribution in [1.29, 1.82) is 0 Å². The molecule has 4 aromatic rings. The summed E-state index contributed by atoms with van der Waals surface area (Å²) in [6.45, 7) is 3.17. The second-order valence-electron chi connectivity index (χ2n) is 9.57. The topological polar surface area (TPSA) is 85.5 Å². The second-order valence-corrected chi connectivity index (χ2v) is 9.57. The number of aryl methyl sites for hydroxylation is 1. The lowest BCUT2D eigenvalue weighted by Crippen LogP contribution is -2.32. The van der Waals surface area contributed by atoms with Crippen molar-refractivity contribution >= 4 is 16.7 Å². The van der Waals surface area contributed by atoms with Crippen LogP contribution in [0.1, 0.15) is 54.3 Å². The highest BCUT2D eigenvalue weighted by molar-refractivity contribution is 5.92. The first-order valence-corrected chi connectivity index (χ1v) is 12.1. The number of fused-ring (bicyclic) bond motifs is 1. The zero-order valence-corrected chi connectivity index (χ0v) is 21.1. The number of anilines is 1. The molecule has 0 N–H and O–H groups in total. The molecule has 0 aliphatic heterocycles. The van der Waals surface area contributed by atoms with Gasteiger partial charge in [-0.15, -0.1) is 5.10 Å². The summed E-state index contributed by atoms with van der Waals surface area (Å²) in [5.74, 6) is -0.297. The minimum atomic E-state index is -5.15. The van der Waals surface area contributed by atoms with Gasteiger partial charge in [0.15, 0.2) is 11.6 Å². The van der Waals surface area contributed by atoms with Crippen LogP contribution in [0.5, 0.6) is 0 Å². The minimum Gasteiger partial charge on any atom is -0.346 e. The first kappa shape index (κ1) is 28.5. The average molecular weight is 590 g/mol. The van der Waals surface area contributed by atoms with E-state index < -0.39 is 52.3 Å². The number of nitrogens with zero attached hydrogens (tertiary/aromatic N) is 8. The number of aromatic nitrogens is 7. The predicted molar refractivity (Wildman–Crippen MR) is 125 cm³/mol. The predicted octanol–water partition coefficient (Wildman–Crippen LogP) is 6.34. The lowest BCUT2D eigenvalue weighted by Gasteiger charge is -2.31.